The average Bonchev–Trinajstić information content (AvgIpc) is 3.05. The lowest BCUT2D eigenvalue weighted by atomic mass is 9.87. The molecule has 1 N–H and O–H groups in total. The number of benzene rings is 1. The van der Waals surface area contributed by atoms with Crippen LogP contribution >= 0.6 is 0 Å². The number of unbranched alkanes of at least 4 members (excludes halogenated alkanes) is 1. The monoisotopic (exact) mass is 370 g/mol. The molecule has 0 aromatic heterocycles. The second kappa shape index (κ2) is 7.92. The van der Waals surface area contributed by atoms with Crippen molar-refractivity contribution < 1.29 is 23.2 Å². The molecule has 2 rings (SSSR count). The van der Waals surface area contributed by atoms with Crippen LogP contribution in [0, 0.1) is 22.0 Å². The molecule has 0 saturated carbocycles. The van der Waals surface area contributed by atoms with Crippen LogP contribution in [0.4, 0.5) is 5.69 Å². The molecule has 1 aliphatic rings. The maximum atomic E-state index is 12.8. The molecule has 1 unspecified atom stereocenters. The lowest BCUT2D eigenvalue weighted by Crippen LogP contribution is -2.32. The van der Waals surface area contributed by atoms with E-state index in [2.05, 4.69) is 0 Å². The minimum absolute atomic E-state index is 0.0784. The van der Waals surface area contributed by atoms with Gasteiger partial charge in [-0.1, -0.05) is 31.9 Å². The van der Waals surface area contributed by atoms with Crippen molar-refractivity contribution in [3.8, 4) is 0 Å². The summed E-state index contributed by atoms with van der Waals surface area (Å²) in [5, 5.41) is 20.5. The lowest BCUT2D eigenvalue weighted by Gasteiger charge is -2.20. The first-order valence-electron chi connectivity index (χ1n) is 8.25. The fourth-order valence-electron chi connectivity index (χ4n) is 3.25. The molecule has 1 aromatic rings. The highest BCUT2D eigenvalue weighted by Gasteiger charge is 2.40. The Morgan fingerprint density at radius 1 is 1.44 bits per heavy atom. The number of aliphatic carboxylic acids is 1. The van der Waals surface area contributed by atoms with E-state index in [0.29, 0.717) is 12.8 Å². The van der Waals surface area contributed by atoms with E-state index >= 15 is 0 Å². The van der Waals surface area contributed by atoms with E-state index in [1.165, 1.54) is 22.5 Å². The van der Waals surface area contributed by atoms with Crippen molar-refractivity contribution in [2.45, 2.75) is 37.5 Å². The highest BCUT2D eigenvalue weighted by atomic mass is 32.2. The average molecular weight is 370 g/mol. The van der Waals surface area contributed by atoms with Gasteiger partial charge >= 0.3 is 5.97 Å². The van der Waals surface area contributed by atoms with Crippen LogP contribution in [-0.4, -0.2) is 41.8 Å². The maximum absolute atomic E-state index is 12.8. The molecule has 25 heavy (non-hydrogen) atoms. The highest BCUT2D eigenvalue weighted by Crippen LogP contribution is 2.34. The van der Waals surface area contributed by atoms with Gasteiger partial charge in [-0.15, -0.1) is 0 Å². The minimum atomic E-state index is -4.03. The Kier molecular flexibility index (Phi) is 6.12. The van der Waals surface area contributed by atoms with Crippen molar-refractivity contribution in [2.75, 3.05) is 13.1 Å². The number of nitro groups is 1. The molecule has 0 amide bonds. The Morgan fingerprint density at radius 3 is 2.72 bits per heavy atom. The van der Waals surface area contributed by atoms with Crippen molar-refractivity contribution in [3.63, 3.8) is 0 Å². The number of hydrogen-bond acceptors (Lipinski definition) is 5. The van der Waals surface area contributed by atoms with Gasteiger partial charge in [-0.3, -0.25) is 14.9 Å². The van der Waals surface area contributed by atoms with Crippen LogP contribution < -0.4 is 0 Å². The fraction of sp³-hybridized carbons (Fsp3) is 0.562. The Balaban J connectivity index is 2.23. The molecule has 2 atom stereocenters. The van der Waals surface area contributed by atoms with Gasteiger partial charge in [0.25, 0.3) is 5.69 Å². The predicted molar refractivity (Wildman–Crippen MR) is 90.6 cm³/mol. The summed E-state index contributed by atoms with van der Waals surface area (Å²) in [6, 6.07) is 5.22. The molecule has 0 radical (unpaired) electrons. The molecule has 0 aliphatic carbocycles. The number of rotatable bonds is 8. The van der Waals surface area contributed by atoms with Crippen LogP contribution in [0.3, 0.4) is 0 Å². The number of nitro benzene ring substituents is 1. The SMILES string of the molecule is CCCCC(C(=O)O)[C@H]1CCN(S(=O)(=O)c2ccccc2[N+](=O)[O-])C1. The molecule has 138 valence electrons. The van der Waals surface area contributed by atoms with Crippen molar-refractivity contribution >= 4 is 21.7 Å². The zero-order chi connectivity index (χ0) is 18.6. The van der Waals surface area contributed by atoms with Gasteiger partial charge in [-0.05, 0) is 24.8 Å². The Morgan fingerprint density at radius 2 is 2.12 bits per heavy atom. The summed E-state index contributed by atoms with van der Waals surface area (Å²) >= 11 is 0. The fourth-order valence-corrected chi connectivity index (χ4v) is 4.92. The number of sulfonamides is 1. The molecule has 1 aliphatic heterocycles. The second-order valence-corrected chi connectivity index (χ2v) is 8.13. The second-order valence-electron chi connectivity index (χ2n) is 6.22. The number of nitrogens with zero attached hydrogens (tertiary/aromatic N) is 2. The van der Waals surface area contributed by atoms with Crippen molar-refractivity contribution in [3.05, 3.63) is 34.4 Å². The summed E-state index contributed by atoms with van der Waals surface area (Å²) in [6.07, 6.45) is 2.59. The van der Waals surface area contributed by atoms with Gasteiger partial charge in [0, 0.05) is 19.2 Å². The summed E-state index contributed by atoms with van der Waals surface area (Å²) < 4.78 is 26.7. The molecule has 1 aromatic carbocycles. The molecule has 1 fully saturated rings. The standard InChI is InChI=1S/C16H22N2O6S/c1-2-3-6-13(16(19)20)12-9-10-17(11-12)25(23,24)15-8-5-4-7-14(15)18(21)22/h4-5,7-8,12-13H,2-3,6,9-11H2,1H3,(H,19,20)/t12-,13?/m0/s1. The summed E-state index contributed by atoms with van der Waals surface area (Å²) in [7, 11) is -4.03. The number of carboxylic acids is 1. The summed E-state index contributed by atoms with van der Waals surface area (Å²) in [6.45, 7) is 2.23. The largest absolute Gasteiger partial charge is 0.481 e. The number of carboxylic acid groups (broad SMARTS) is 1. The van der Waals surface area contributed by atoms with Crippen LogP contribution in [0.25, 0.3) is 0 Å². The smallest absolute Gasteiger partial charge is 0.306 e. The first-order valence-corrected chi connectivity index (χ1v) is 9.69. The maximum Gasteiger partial charge on any atom is 0.306 e. The third-order valence-corrected chi connectivity index (χ3v) is 6.53. The molecule has 9 heteroatoms. The number of carbonyl (C=O) groups is 1. The molecule has 0 bridgehead atoms. The topological polar surface area (TPSA) is 118 Å². The minimum Gasteiger partial charge on any atom is -0.481 e. The summed E-state index contributed by atoms with van der Waals surface area (Å²) in [5.41, 5.74) is -0.466. The molecule has 0 spiro atoms. The molecular weight excluding hydrogens is 348 g/mol. The van der Waals surface area contributed by atoms with Crippen molar-refractivity contribution in [1.82, 2.24) is 4.31 Å². The van der Waals surface area contributed by atoms with E-state index in [1.807, 2.05) is 6.92 Å². The quantitative estimate of drug-likeness (QED) is 0.555. The molecule has 1 saturated heterocycles. The predicted octanol–water partition coefficient (Wildman–Crippen LogP) is 2.50. The van der Waals surface area contributed by atoms with Crippen LogP contribution in [0.1, 0.15) is 32.6 Å². The summed E-state index contributed by atoms with van der Waals surface area (Å²) in [5.74, 6) is -1.78. The molecular formula is C16H22N2O6S. The van der Waals surface area contributed by atoms with Gasteiger partial charge in [-0.25, -0.2) is 8.42 Å². The molecule has 8 nitrogen and oxygen atoms in total. The van der Waals surface area contributed by atoms with Gasteiger partial charge in [-0.2, -0.15) is 4.31 Å². The van der Waals surface area contributed by atoms with Crippen LogP contribution in [-0.2, 0) is 14.8 Å². The summed E-state index contributed by atoms with van der Waals surface area (Å²) in [4.78, 5) is 21.5. The van der Waals surface area contributed by atoms with Crippen LogP contribution in [0.5, 0.6) is 0 Å². The van der Waals surface area contributed by atoms with Crippen LogP contribution in [0.2, 0.25) is 0 Å². The first-order chi connectivity index (χ1) is 11.8. The highest BCUT2D eigenvalue weighted by molar-refractivity contribution is 7.89. The Labute approximate surface area is 146 Å². The van der Waals surface area contributed by atoms with Gasteiger partial charge in [0.15, 0.2) is 4.90 Å². The van der Waals surface area contributed by atoms with Gasteiger partial charge < -0.3 is 5.11 Å². The van der Waals surface area contributed by atoms with Crippen molar-refractivity contribution in [1.29, 1.82) is 0 Å². The van der Waals surface area contributed by atoms with E-state index < -0.39 is 32.5 Å². The van der Waals surface area contributed by atoms with Gasteiger partial charge in [0.05, 0.1) is 10.8 Å². The van der Waals surface area contributed by atoms with E-state index in [-0.39, 0.29) is 23.9 Å². The first kappa shape index (κ1) is 19.3. The van der Waals surface area contributed by atoms with E-state index in [9.17, 15) is 28.4 Å². The molecule has 1 heterocycles. The van der Waals surface area contributed by atoms with Crippen molar-refractivity contribution in [2.24, 2.45) is 11.8 Å². The van der Waals surface area contributed by atoms with E-state index in [1.54, 1.807) is 0 Å². The number of para-hydroxylation sites is 1. The number of hydrogen-bond donors (Lipinski definition) is 1. The van der Waals surface area contributed by atoms with Gasteiger partial charge in [0.1, 0.15) is 0 Å². The van der Waals surface area contributed by atoms with Crippen LogP contribution in [0.15, 0.2) is 29.2 Å². The third-order valence-electron chi connectivity index (χ3n) is 4.62. The van der Waals surface area contributed by atoms with E-state index in [0.717, 1.165) is 18.9 Å². The Hall–Kier alpha value is -2.00. The lowest BCUT2D eigenvalue weighted by molar-refractivity contribution is -0.387. The zero-order valence-corrected chi connectivity index (χ0v) is 14.8. The van der Waals surface area contributed by atoms with E-state index in [4.69, 9.17) is 0 Å². The van der Waals surface area contributed by atoms with Gasteiger partial charge in [0.2, 0.25) is 10.0 Å². The Bertz CT molecular complexity index is 749. The third kappa shape index (κ3) is 4.16. The normalized spacial score (nSPS) is 19.6. The zero-order valence-electron chi connectivity index (χ0n) is 14.0.